The van der Waals surface area contributed by atoms with Crippen LogP contribution in [-0.4, -0.2) is 51.6 Å². The first-order valence-corrected chi connectivity index (χ1v) is 8.10. The van der Waals surface area contributed by atoms with Crippen LogP contribution in [0.4, 0.5) is 10.6 Å². The Hall–Kier alpha value is -2.09. The van der Waals surface area contributed by atoms with E-state index in [4.69, 9.17) is 22.1 Å². The van der Waals surface area contributed by atoms with Gasteiger partial charge >= 0.3 is 6.09 Å². The smallest absolute Gasteiger partial charge is 0.410 e. The molecule has 1 aromatic heterocycles. The lowest BCUT2D eigenvalue weighted by Crippen LogP contribution is -2.50. The maximum absolute atomic E-state index is 12.3. The number of anilines is 1. The molecular formula is C15H22ClN5O3. The van der Waals surface area contributed by atoms with Crippen molar-refractivity contribution in [2.45, 2.75) is 45.3 Å². The number of likely N-dealkylation sites (tertiary alicyclic amines) is 1. The highest BCUT2D eigenvalue weighted by atomic mass is 35.5. The Morgan fingerprint density at radius 3 is 2.79 bits per heavy atom. The predicted octanol–water partition coefficient (Wildman–Crippen LogP) is 1.84. The topological polar surface area (TPSA) is 110 Å². The second kappa shape index (κ2) is 7.21. The van der Waals surface area contributed by atoms with Crippen LogP contribution in [0.25, 0.3) is 0 Å². The van der Waals surface area contributed by atoms with E-state index >= 15 is 0 Å². The van der Waals surface area contributed by atoms with E-state index < -0.39 is 11.5 Å². The van der Waals surface area contributed by atoms with Gasteiger partial charge in [-0.25, -0.2) is 14.8 Å². The van der Waals surface area contributed by atoms with Crippen LogP contribution in [0.3, 0.4) is 0 Å². The SMILES string of the molecule is CC(C)(C)OC(=O)N1CCCC(NC(=O)c2ncnc(N)c2Cl)C1. The number of nitrogen functional groups attached to an aromatic ring is 1. The van der Waals surface area contributed by atoms with Gasteiger partial charge in [-0.3, -0.25) is 4.79 Å². The van der Waals surface area contributed by atoms with E-state index in [2.05, 4.69) is 15.3 Å². The first-order chi connectivity index (χ1) is 11.2. The van der Waals surface area contributed by atoms with Crippen LogP contribution in [0.1, 0.15) is 44.1 Å². The molecule has 1 aliphatic heterocycles. The molecule has 24 heavy (non-hydrogen) atoms. The normalized spacial score (nSPS) is 18.2. The Morgan fingerprint density at radius 1 is 1.42 bits per heavy atom. The van der Waals surface area contributed by atoms with Crippen LogP contribution in [-0.2, 0) is 4.74 Å². The number of amides is 2. The summed E-state index contributed by atoms with van der Waals surface area (Å²) < 4.78 is 5.37. The minimum atomic E-state index is -0.556. The van der Waals surface area contributed by atoms with E-state index in [0.29, 0.717) is 13.1 Å². The van der Waals surface area contributed by atoms with E-state index in [1.165, 1.54) is 6.33 Å². The lowest BCUT2D eigenvalue weighted by atomic mass is 10.1. The Labute approximate surface area is 145 Å². The van der Waals surface area contributed by atoms with Crippen molar-refractivity contribution in [1.82, 2.24) is 20.2 Å². The zero-order chi connectivity index (χ0) is 17.9. The molecule has 0 saturated carbocycles. The quantitative estimate of drug-likeness (QED) is 0.837. The van der Waals surface area contributed by atoms with Crippen molar-refractivity contribution in [2.24, 2.45) is 0 Å². The number of nitrogens with zero attached hydrogens (tertiary/aromatic N) is 3. The Morgan fingerprint density at radius 2 is 2.12 bits per heavy atom. The average molecular weight is 356 g/mol. The first-order valence-electron chi connectivity index (χ1n) is 7.72. The summed E-state index contributed by atoms with van der Waals surface area (Å²) in [5.74, 6) is -0.388. The van der Waals surface area contributed by atoms with Gasteiger partial charge in [0.15, 0.2) is 5.69 Å². The number of hydrogen-bond donors (Lipinski definition) is 2. The first kappa shape index (κ1) is 18.3. The average Bonchev–Trinajstić information content (AvgIpc) is 2.48. The maximum atomic E-state index is 12.3. The van der Waals surface area contributed by atoms with E-state index in [1.807, 2.05) is 20.8 Å². The molecule has 9 heteroatoms. The molecule has 1 fully saturated rings. The largest absolute Gasteiger partial charge is 0.444 e. The van der Waals surface area contributed by atoms with Crippen LogP contribution in [0.5, 0.6) is 0 Å². The summed E-state index contributed by atoms with van der Waals surface area (Å²) >= 11 is 5.96. The molecule has 8 nitrogen and oxygen atoms in total. The van der Waals surface area contributed by atoms with E-state index in [1.54, 1.807) is 4.90 Å². The van der Waals surface area contributed by atoms with Crippen LogP contribution in [0.2, 0.25) is 5.02 Å². The highest BCUT2D eigenvalue weighted by Crippen LogP contribution is 2.20. The van der Waals surface area contributed by atoms with Gasteiger partial charge in [0.2, 0.25) is 0 Å². The summed E-state index contributed by atoms with van der Waals surface area (Å²) in [5.41, 5.74) is 5.05. The number of rotatable bonds is 2. The van der Waals surface area contributed by atoms with Crippen molar-refractivity contribution in [2.75, 3.05) is 18.8 Å². The van der Waals surface area contributed by atoms with Crippen molar-refractivity contribution in [3.63, 3.8) is 0 Å². The summed E-state index contributed by atoms with van der Waals surface area (Å²) in [6.07, 6.45) is 2.32. The maximum Gasteiger partial charge on any atom is 0.410 e. The molecule has 1 atom stereocenters. The molecule has 1 aromatic rings. The third-order valence-corrected chi connectivity index (χ3v) is 3.81. The number of ether oxygens (including phenoxy) is 1. The third kappa shape index (κ3) is 4.70. The fourth-order valence-corrected chi connectivity index (χ4v) is 2.57. The number of carbonyl (C=O) groups excluding carboxylic acids is 2. The molecule has 1 aliphatic rings. The standard InChI is InChI=1S/C15H22ClN5O3/c1-15(2,3)24-14(23)21-6-4-5-9(7-21)20-13(22)11-10(16)12(17)19-8-18-11/h8-9H,4-7H2,1-3H3,(H,20,22)(H2,17,18,19). The number of piperidine rings is 1. The Balaban J connectivity index is 1.99. The molecule has 0 aliphatic carbocycles. The van der Waals surface area contributed by atoms with Crippen LogP contribution in [0.15, 0.2) is 6.33 Å². The molecule has 0 bridgehead atoms. The number of hydrogen-bond acceptors (Lipinski definition) is 6. The van der Waals surface area contributed by atoms with Crippen molar-refractivity contribution in [3.05, 3.63) is 17.0 Å². The van der Waals surface area contributed by atoms with Gasteiger partial charge in [0, 0.05) is 19.1 Å². The Bertz CT molecular complexity index is 632. The van der Waals surface area contributed by atoms with E-state index in [0.717, 1.165) is 12.8 Å². The van der Waals surface area contributed by atoms with E-state index in [-0.39, 0.29) is 28.7 Å². The molecule has 2 heterocycles. The number of carbonyl (C=O) groups is 2. The van der Waals surface area contributed by atoms with E-state index in [9.17, 15) is 9.59 Å². The summed E-state index contributed by atoms with van der Waals surface area (Å²) in [5, 5.41) is 2.86. The highest BCUT2D eigenvalue weighted by Gasteiger charge is 2.29. The second-order valence-corrected chi connectivity index (χ2v) is 7.04. The predicted molar refractivity (Wildman–Crippen MR) is 89.7 cm³/mol. The van der Waals surface area contributed by atoms with Crippen LogP contribution >= 0.6 is 11.6 Å². The van der Waals surface area contributed by atoms with Crippen molar-refractivity contribution >= 4 is 29.4 Å². The van der Waals surface area contributed by atoms with Crippen LogP contribution < -0.4 is 11.1 Å². The molecule has 0 spiro atoms. The molecular weight excluding hydrogens is 334 g/mol. The molecule has 2 rings (SSSR count). The van der Waals surface area contributed by atoms with Gasteiger partial charge in [-0.05, 0) is 33.6 Å². The summed E-state index contributed by atoms with van der Waals surface area (Å²) in [6, 6.07) is -0.203. The van der Waals surface area contributed by atoms with Gasteiger partial charge in [-0.15, -0.1) is 0 Å². The zero-order valence-corrected chi connectivity index (χ0v) is 14.8. The monoisotopic (exact) mass is 355 g/mol. The fourth-order valence-electron chi connectivity index (χ4n) is 2.38. The van der Waals surface area contributed by atoms with Crippen molar-refractivity contribution < 1.29 is 14.3 Å². The highest BCUT2D eigenvalue weighted by molar-refractivity contribution is 6.35. The van der Waals surface area contributed by atoms with Gasteiger partial charge < -0.3 is 20.7 Å². The number of aromatic nitrogens is 2. The van der Waals surface area contributed by atoms with Crippen molar-refractivity contribution in [3.8, 4) is 0 Å². The second-order valence-electron chi connectivity index (χ2n) is 6.66. The number of nitrogens with two attached hydrogens (primary N) is 1. The van der Waals surface area contributed by atoms with Gasteiger partial charge in [-0.2, -0.15) is 0 Å². The molecule has 0 aromatic carbocycles. The summed E-state index contributed by atoms with van der Waals surface area (Å²) in [6.45, 7) is 6.42. The summed E-state index contributed by atoms with van der Waals surface area (Å²) in [7, 11) is 0. The summed E-state index contributed by atoms with van der Waals surface area (Å²) in [4.78, 5) is 33.6. The third-order valence-electron chi connectivity index (χ3n) is 3.44. The lowest BCUT2D eigenvalue weighted by Gasteiger charge is -2.34. The van der Waals surface area contributed by atoms with Gasteiger partial charge in [0.05, 0.1) is 0 Å². The molecule has 0 radical (unpaired) electrons. The zero-order valence-electron chi connectivity index (χ0n) is 14.0. The van der Waals surface area contributed by atoms with Crippen molar-refractivity contribution in [1.29, 1.82) is 0 Å². The fraction of sp³-hybridized carbons (Fsp3) is 0.600. The number of nitrogens with one attached hydrogen (secondary N) is 1. The molecule has 2 amide bonds. The molecule has 132 valence electrons. The molecule has 1 unspecified atom stereocenters. The van der Waals surface area contributed by atoms with Gasteiger partial charge in [-0.1, -0.05) is 11.6 Å². The van der Waals surface area contributed by atoms with Crippen LogP contribution in [0, 0.1) is 0 Å². The van der Waals surface area contributed by atoms with Gasteiger partial charge in [0.25, 0.3) is 5.91 Å². The Kier molecular flexibility index (Phi) is 5.48. The lowest BCUT2D eigenvalue weighted by molar-refractivity contribution is 0.0185. The molecule has 1 saturated heterocycles. The minimum absolute atomic E-state index is 0.0230. The molecule has 3 N–H and O–H groups in total. The van der Waals surface area contributed by atoms with Gasteiger partial charge in [0.1, 0.15) is 22.8 Å². The minimum Gasteiger partial charge on any atom is -0.444 e. The number of halogens is 1.